The number of amides is 1. The van der Waals surface area contributed by atoms with Crippen LogP contribution in [0.15, 0.2) is 22.8 Å². The van der Waals surface area contributed by atoms with Gasteiger partial charge < -0.3 is 15.5 Å². The van der Waals surface area contributed by atoms with Crippen molar-refractivity contribution in [2.75, 3.05) is 12.0 Å². The summed E-state index contributed by atoms with van der Waals surface area (Å²) in [6.45, 7) is 1.76. The molecule has 0 saturated heterocycles. The van der Waals surface area contributed by atoms with Crippen molar-refractivity contribution in [1.82, 2.24) is 5.32 Å². The monoisotopic (exact) mass is 274 g/mol. The van der Waals surface area contributed by atoms with Crippen LogP contribution < -0.4 is 11.1 Å². The van der Waals surface area contributed by atoms with Gasteiger partial charge in [-0.05, 0) is 25.5 Å². The van der Waals surface area contributed by atoms with Crippen molar-refractivity contribution in [2.24, 2.45) is 5.73 Å². The maximum atomic E-state index is 11.7. The van der Waals surface area contributed by atoms with Crippen molar-refractivity contribution < 1.29 is 17.6 Å². The van der Waals surface area contributed by atoms with E-state index in [0.29, 0.717) is 5.76 Å². The Morgan fingerprint density at radius 1 is 1.56 bits per heavy atom. The molecule has 1 unspecified atom stereocenters. The molecule has 0 radical (unpaired) electrons. The number of nitrogens with one attached hydrogen (secondary N) is 1. The molecule has 0 aliphatic heterocycles. The van der Waals surface area contributed by atoms with Gasteiger partial charge in [0.1, 0.15) is 15.6 Å². The Hall–Kier alpha value is -1.34. The fourth-order valence-corrected chi connectivity index (χ4v) is 2.08. The minimum atomic E-state index is -3.10. The molecule has 2 atom stereocenters. The topological polar surface area (TPSA) is 102 Å². The first-order valence-electron chi connectivity index (χ1n) is 5.56. The number of rotatable bonds is 6. The number of sulfone groups is 1. The van der Waals surface area contributed by atoms with Crippen molar-refractivity contribution in [2.45, 2.75) is 25.4 Å². The van der Waals surface area contributed by atoms with Gasteiger partial charge in [-0.1, -0.05) is 0 Å². The largest absolute Gasteiger partial charge is 0.467 e. The molecule has 1 rings (SSSR count). The predicted molar refractivity (Wildman–Crippen MR) is 67.6 cm³/mol. The number of carbonyl (C=O) groups is 1. The molecule has 0 aliphatic carbocycles. The molecular weight excluding hydrogens is 256 g/mol. The number of hydrogen-bond acceptors (Lipinski definition) is 5. The smallest absolute Gasteiger partial charge is 0.237 e. The van der Waals surface area contributed by atoms with E-state index >= 15 is 0 Å². The molecule has 0 bridgehead atoms. The Morgan fingerprint density at radius 3 is 2.72 bits per heavy atom. The Labute approximate surface area is 106 Å². The fraction of sp³-hybridized carbons (Fsp3) is 0.545. The number of nitrogens with two attached hydrogens (primary N) is 1. The van der Waals surface area contributed by atoms with Gasteiger partial charge in [0.15, 0.2) is 0 Å². The molecule has 18 heavy (non-hydrogen) atoms. The van der Waals surface area contributed by atoms with Crippen LogP contribution in [0.3, 0.4) is 0 Å². The second kappa shape index (κ2) is 6.01. The van der Waals surface area contributed by atoms with E-state index in [4.69, 9.17) is 10.2 Å². The maximum Gasteiger partial charge on any atom is 0.237 e. The number of hydrogen-bond donors (Lipinski definition) is 2. The fourth-order valence-electron chi connectivity index (χ4n) is 1.40. The van der Waals surface area contributed by atoms with E-state index in [1.807, 2.05) is 0 Å². The minimum absolute atomic E-state index is 0.100. The van der Waals surface area contributed by atoms with E-state index < -0.39 is 15.9 Å². The summed E-state index contributed by atoms with van der Waals surface area (Å²) in [5, 5.41) is 2.67. The SMILES string of the molecule is C[C@@H](NC(=O)C(N)CCS(C)(=O)=O)c1ccco1. The Balaban J connectivity index is 2.45. The first kappa shape index (κ1) is 14.7. The number of furan rings is 1. The molecular formula is C11H18N2O4S. The molecule has 0 aromatic carbocycles. The lowest BCUT2D eigenvalue weighted by molar-refractivity contribution is -0.123. The van der Waals surface area contributed by atoms with Crippen LogP contribution in [0.5, 0.6) is 0 Å². The van der Waals surface area contributed by atoms with Crippen LogP contribution in [-0.2, 0) is 14.6 Å². The molecule has 1 aromatic rings. The molecule has 102 valence electrons. The zero-order valence-electron chi connectivity index (χ0n) is 10.4. The van der Waals surface area contributed by atoms with Crippen LogP contribution in [0.25, 0.3) is 0 Å². The molecule has 0 spiro atoms. The lowest BCUT2D eigenvalue weighted by Gasteiger charge is -2.15. The van der Waals surface area contributed by atoms with E-state index in [1.165, 1.54) is 6.26 Å². The normalized spacial score (nSPS) is 15.1. The van der Waals surface area contributed by atoms with Gasteiger partial charge in [-0.15, -0.1) is 0 Å². The van der Waals surface area contributed by atoms with Gasteiger partial charge >= 0.3 is 0 Å². The van der Waals surface area contributed by atoms with Crippen molar-refractivity contribution >= 4 is 15.7 Å². The predicted octanol–water partition coefficient (Wildman–Crippen LogP) is 0.219. The summed E-state index contributed by atoms with van der Waals surface area (Å²) in [6, 6.07) is 2.34. The van der Waals surface area contributed by atoms with Crippen LogP contribution in [0.2, 0.25) is 0 Å². The van der Waals surface area contributed by atoms with Crippen LogP contribution in [0.1, 0.15) is 25.1 Å². The molecule has 6 nitrogen and oxygen atoms in total. The highest BCUT2D eigenvalue weighted by molar-refractivity contribution is 7.90. The third-order valence-corrected chi connectivity index (χ3v) is 3.44. The zero-order valence-corrected chi connectivity index (χ0v) is 11.2. The first-order chi connectivity index (χ1) is 8.29. The van der Waals surface area contributed by atoms with Crippen LogP contribution in [0, 0.1) is 0 Å². The molecule has 0 fully saturated rings. The van der Waals surface area contributed by atoms with Gasteiger partial charge in [-0.2, -0.15) is 0 Å². The highest BCUT2D eigenvalue weighted by atomic mass is 32.2. The molecule has 0 aliphatic rings. The highest BCUT2D eigenvalue weighted by Gasteiger charge is 2.19. The second-order valence-corrected chi connectivity index (χ2v) is 6.53. The lowest BCUT2D eigenvalue weighted by Crippen LogP contribution is -2.42. The number of carbonyl (C=O) groups excluding carboxylic acids is 1. The molecule has 1 heterocycles. The van der Waals surface area contributed by atoms with Gasteiger partial charge in [0.25, 0.3) is 0 Å². The van der Waals surface area contributed by atoms with Gasteiger partial charge in [0.2, 0.25) is 5.91 Å². The average Bonchev–Trinajstić information content (AvgIpc) is 2.77. The van der Waals surface area contributed by atoms with E-state index in [2.05, 4.69) is 5.32 Å². The molecule has 7 heteroatoms. The summed E-state index contributed by atoms with van der Waals surface area (Å²) < 4.78 is 27.1. The average molecular weight is 274 g/mol. The molecule has 1 aromatic heterocycles. The van der Waals surface area contributed by atoms with Gasteiger partial charge in [0, 0.05) is 6.26 Å². The summed E-state index contributed by atoms with van der Waals surface area (Å²) in [6.07, 6.45) is 2.74. The van der Waals surface area contributed by atoms with Crippen LogP contribution in [-0.4, -0.2) is 32.4 Å². The Morgan fingerprint density at radius 2 is 2.22 bits per heavy atom. The Bertz CT molecular complexity index is 481. The molecule has 1 amide bonds. The van der Waals surface area contributed by atoms with E-state index in [0.717, 1.165) is 6.26 Å². The quantitative estimate of drug-likeness (QED) is 0.772. The zero-order chi connectivity index (χ0) is 13.8. The van der Waals surface area contributed by atoms with Crippen molar-refractivity contribution in [3.05, 3.63) is 24.2 Å². The van der Waals surface area contributed by atoms with Crippen molar-refractivity contribution in [1.29, 1.82) is 0 Å². The van der Waals surface area contributed by atoms with Gasteiger partial charge in [-0.25, -0.2) is 8.42 Å². The Kier molecular flexibility index (Phi) is 4.92. The summed E-state index contributed by atoms with van der Waals surface area (Å²) in [7, 11) is -3.10. The lowest BCUT2D eigenvalue weighted by atomic mass is 10.2. The van der Waals surface area contributed by atoms with Crippen LogP contribution >= 0.6 is 0 Å². The van der Waals surface area contributed by atoms with E-state index in [1.54, 1.807) is 19.1 Å². The van der Waals surface area contributed by atoms with Crippen molar-refractivity contribution in [3.63, 3.8) is 0 Å². The third-order valence-electron chi connectivity index (χ3n) is 2.47. The summed E-state index contributed by atoms with van der Waals surface area (Å²) in [4.78, 5) is 11.7. The standard InChI is InChI=1S/C11H18N2O4S/c1-8(10-4-3-6-17-10)13-11(14)9(12)5-7-18(2,15)16/h3-4,6,8-9H,5,7,12H2,1-2H3,(H,13,14)/t8-,9?/m1/s1. The summed E-state index contributed by atoms with van der Waals surface area (Å²) >= 11 is 0. The van der Waals surface area contributed by atoms with Gasteiger partial charge in [0.05, 0.1) is 24.1 Å². The summed E-state index contributed by atoms with van der Waals surface area (Å²) in [5.41, 5.74) is 5.62. The second-order valence-electron chi connectivity index (χ2n) is 4.27. The first-order valence-corrected chi connectivity index (χ1v) is 7.63. The van der Waals surface area contributed by atoms with E-state index in [-0.39, 0.29) is 24.1 Å². The van der Waals surface area contributed by atoms with E-state index in [9.17, 15) is 13.2 Å². The third kappa shape index (κ3) is 4.89. The maximum absolute atomic E-state index is 11.7. The van der Waals surface area contributed by atoms with Crippen LogP contribution in [0.4, 0.5) is 0 Å². The van der Waals surface area contributed by atoms with Gasteiger partial charge in [-0.3, -0.25) is 4.79 Å². The summed E-state index contributed by atoms with van der Waals surface area (Å²) in [5.74, 6) is 0.137. The molecule has 3 N–H and O–H groups in total. The highest BCUT2D eigenvalue weighted by Crippen LogP contribution is 2.12. The minimum Gasteiger partial charge on any atom is -0.467 e. The molecule has 0 saturated carbocycles. The van der Waals surface area contributed by atoms with Crippen molar-refractivity contribution in [3.8, 4) is 0 Å².